The minimum Gasteiger partial charge on any atom is -0.371 e. The fourth-order valence-electron chi connectivity index (χ4n) is 14.0. The molecule has 0 spiro atoms. The highest BCUT2D eigenvalue weighted by molar-refractivity contribution is 7.89. The van der Waals surface area contributed by atoms with Crippen LogP contribution in [-0.4, -0.2) is 114 Å². The van der Waals surface area contributed by atoms with E-state index in [0.717, 1.165) is 89.9 Å². The van der Waals surface area contributed by atoms with Crippen LogP contribution in [0.15, 0.2) is 125 Å². The van der Waals surface area contributed by atoms with Crippen molar-refractivity contribution in [3.8, 4) is 0 Å². The van der Waals surface area contributed by atoms with Gasteiger partial charge in [-0.15, -0.1) is 0 Å². The normalized spacial score (nSPS) is 22.9. The van der Waals surface area contributed by atoms with E-state index in [9.17, 15) is 25.6 Å². The molecule has 6 aromatic rings. The van der Waals surface area contributed by atoms with Gasteiger partial charge in [-0.2, -0.15) is 0 Å². The van der Waals surface area contributed by atoms with Crippen molar-refractivity contribution in [2.75, 3.05) is 63.2 Å². The Kier molecular flexibility index (Phi) is 16.0. The van der Waals surface area contributed by atoms with Gasteiger partial charge < -0.3 is 20.4 Å². The van der Waals surface area contributed by atoms with Crippen LogP contribution in [0.2, 0.25) is 0 Å². The molecule has 0 radical (unpaired) electrons. The average molecular weight is 1130 g/mol. The summed E-state index contributed by atoms with van der Waals surface area (Å²) in [4.78, 5) is 20.1. The molecule has 422 valence electrons. The van der Waals surface area contributed by atoms with Gasteiger partial charge in [0.15, 0.2) is 0 Å². The van der Waals surface area contributed by atoms with Crippen LogP contribution in [0.3, 0.4) is 0 Å². The number of piperidine rings is 2. The number of nitrogens with one attached hydrogen (secondary N) is 4. The van der Waals surface area contributed by atoms with Gasteiger partial charge in [0.05, 0.1) is 33.3 Å². The van der Waals surface area contributed by atoms with Crippen LogP contribution in [-0.2, 0) is 52.4 Å². The van der Waals surface area contributed by atoms with Crippen molar-refractivity contribution in [1.29, 1.82) is 0 Å². The van der Waals surface area contributed by atoms with E-state index in [0.29, 0.717) is 38.8 Å². The third kappa shape index (κ3) is 11.7. The quantitative estimate of drug-likeness (QED) is 0.0783. The van der Waals surface area contributed by atoms with Gasteiger partial charge in [-0.1, -0.05) is 30.3 Å². The summed E-state index contributed by atoms with van der Waals surface area (Å²) >= 11 is 0. The molecule has 5 atom stereocenters. The molecule has 80 heavy (non-hydrogen) atoms. The number of nitrogens with zero attached hydrogens (tertiary/aromatic N) is 6. The molecule has 1 unspecified atom stereocenters. The molecule has 4 aliphatic heterocycles. The second-order valence-corrected chi connectivity index (χ2v) is 26.7. The Morgan fingerprint density at radius 3 is 1.71 bits per heavy atom. The largest absolute Gasteiger partial charge is 0.371 e. The van der Waals surface area contributed by atoms with E-state index in [1.807, 2.05) is 12.4 Å². The van der Waals surface area contributed by atoms with Crippen LogP contribution in [0.25, 0.3) is 0 Å². The SMILES string of the molecule is CN(C[C@H]1Cc2c(cc(C3CC[C@H](N(C)C[C@@H]4Cc5c(cccc5N5CCC(NS(=O)(=O)c6ccc(F)cc6)CC5)CN4)c4ncccc43)cc2N2CCC(NS(=O)(=O)c3ccc(F)cc3)CC2)CN1)[C@H]1CCCc2cccnc21. The van der Waals surface area contributed by atoms with Crippen molar-refractivity contribution in [2.45, 2.75) is 136 Å². The van der Waals surface area contributed by atoms with Gasteiger partial charge in [0.1, 0.15) is 11.6 Å². The zero-order valence-electron chi connectivity index (χ0n) is 45.8. The molecular weight excluding hydrogens is 1050 g/mol. The highest BCUT2D eigenvalue weighted by Gasteiger charge is 2.37. The molecule has 0 bridgehead atoms. The second-order valence-electron chi connectivity index (χ2n) is 23.3. The maximum atomic E-state index is 13.7. The van der Waals surface area contributed by atoms with Gasteiger partial charge in [-0.05, 0) is 196 Å². The maximum Gasteiger partial charge on any atom is 0.240 e. The number of hydrogen-bond donors (Lipinski definition) is 4. The number of hydrogen-bond acceptors (Lipinski definition) is 12. The first-order chi connectivity index (χ1) is 38.7. The Bertz CT molecular complexity index is 3410. The molecule has 6 heterocycles. The molecule has 4 N–H and O–H groups in total. The maximum absolute atomic E-state index is 13.7. The summed E-state index contributed by atoms with van der Waals surface area (Å²) in [6.07, 6.45) is 13.5. The van der Waals surface area contributed by atoms with Crippen LogP contribution in [0, 0.1) is 11.6 Å². The van der Waals surface area contributed by atoms with Gasteiger partial charge in [-0.3, -0.25) is 19.8 Å². The second kappa shape index (κ2) is 23.3. The van der Waals surface area contributed by atoms with Gasteiger partial charge >= 0.3 is 0 Å². The Morgan fingerprint density at radius 2 is 1.10 bits per heavy atom. The molecule has 2 aliphatic carbocycles. The summed E-state index contributed by atoms with van der Waals surface area (Å²) in [5.74, 6) is -0.783. The molecule has 0 amide bonds. The number of benzene rings is 4. The first-order valence-electron chi connectivity index (χ1n) is 28.8. The van der Waals surface area contributed by atoms with E-state index in [1.54, 1.807) is 0 Å². The summed E-state index contributed by atoms with van der Waals surface area (Å²) in [5.41, 5.74) is 14.1. The van der Waals surface area contributed by atoms with E-state index in [-0.39, 0.29) is 52.0 Å². The molecule has 2 saturated heterocycles. The first kappa shape index (κ1) is 54.9. The number of aryl methyl sites for hydroxylation is 1. The fraction of sp³-hybridized carbons (Fsp3) is 0.452. The van der Waals surface area contributed by atoms with Gasteiger partial charge in [0.2, 0.25) is 20.0 Å². The molecule has 2 fully saturated rings. The summed E-state index contributed by atoms with van der Waals surface area (Å²) in [5, 5.41) is 7.83. The number of likely N-dealkylation sites (N-methyl/N-ethyl adjacent to an activating group) is 2. The minimum atomic E-state index is -3.81. The van der Waals surface area contributed by atoms with Crippen molar-refractivity contribution in [1.82, 2.24) is 39.8 Å². The number of halogens is 2. The summed E-state index contributed by atoms with van der Waals surface area (Å²) in [7, 11) is -3.07. The summed E-state index contributed by atoms with van der Waals surface area (Å²) in [6, 6.07) is 30.6. The van der Waals surface area contributed by atoms with E-state index in [4.69, 9.17) is 9.97 Å². The average Bonchev–Trinajstić information content (AvgIpc) is 3.65. The van der Waals surface area contributed by atoms with E-state index in [1.165, 1.54) is 105 Å². The van der Waals surface area contributed by atoms with E-state index < -0.39 is 31.7 Å². The van der Waals surface area contributed by atoms with E-state index in [2.05, 4.69) is 108 Å². The van der Waals surface area contributed by atoms with Gasteiger partial charge in [0.25, 0.3) is 0 Å². The van der Waals surface area contributed by atoms with Crippen molar-refractivity contribution in [2.24, 2.45) is 0 Å². The first-order valence-corrected chi connectivity index (χ1v) is 31.8. The van der Waals surface area contributed by atoms with Crippen LogP contribution < -0.4 is 29.9 Å². The molecule has 18 heteroatoms. The summed E-state index contributed by atoms with van der Waals surface area (Å²) < 4.78 is 86.2. The van der Waals surface area contributed by atoms with Crippen LogP contribution in [0.1, 0.15) is 120 Å². The standard InChI is InChI=1S/C62H74F2N10O4S2/c1-71(58-12-3-7-41-9-5-27-65-61(41)58)39-50-36-56-44(38-68-50)33-43(34-60(56)74-31-25-48(26-32-74)70-80(77,78)52-19-15-46(64)16-20-52)53-21-22-59(62-54(53)10-6-28-66-62)72(2)40-49-35-55-42(37-67-49)8-4-11-57(55)73-29-23-47(24-30-73)69-79(75,76)51-17-13-45(63)14-18-51/h4-6,8-11,13-20,27-28,33-34,47-50,53,58-59,67-70H,3,7,12,21-26,29-32,35-40H2,1-2H3/t49-,50+,53?,58-,59-/m0/s1. The Hall–Kier alpha value is -5.70. The van der Waals surface area contributed by atoms with Crippen molar-refractivity contribution >= 4 is 31.4 Å². The van der Waals surface area contributed by atoms with Crippen LogP contribution in [0.4, 0.5) is 20.2 Å². The lowest BCUT2D eigenvalue weighted by Gasteiger charge is -2.41. The van der Waals surface area contributed by atoms with Crippen LogP contribution in [0.5, 0.6) is 0 Å². The topological polar surface area (TPSA) is 155 Å². The van der Waals surface area contributed by atoms with Gasteiger partial charge in [0, 0.05) is 106 Å². The highest BCUT2D eigenvalue weighted by Crippen LogP contribution is 2.45. The predicted octanol–water partition coefficient (Wildman–Crippen LogP) is 8.29. The number of anilines is 2. The number of rotatable bonds is 15. The molecule has 6 aliphatic rings. The zero-order chi connectivity index (χ0) is 55.1. The van der Waals surface area contributed by atoms with Crippen molar-refractivity contribution < 1.29 is 25.6 Å². The number of pyridine rings is 2. The Morgan fingerprint density at radius 1 is 0.575 bits per heavy atom. The monoisotopic (exact) mass is 1120 g/mol. The Balaban J connectivity index is 0.747. The lowest BCUT2D eigenvalue weighted by Crippen LogP contribution is -2.47. The smallest absolute Gasteiger partial charge is 0.240 e. The predicted molar refractivity (Wildman–Crippen MR) is 309 cm³/mol. The molecule has 0 saturated carbocycles. The molecular formula is C62H74F2N10O4S2. The number of aromatic nitrogens is 2. The minimum absolute atomic E-state index is 0.0726. The number of sulfonamides is 2. The van der Waals surface area contributed by atoms with Crippen molar-refractivity contribution in [3.05, 3.63) is 177 Å². The van der Waals surface area contributed by atoms with Gasteiger partial charge in [-0.25, -0.2) is 35.1 Å². The van der Waals surface area contributed by atoms with E-state index >= 15 is 0 Å². The molecule has 4 aromatic carbocycles. The van der Waals surface area contributed by atoms with Crippen LogP contribution >= 0.6 is 0 Å². The zero-order valence-corrected chi connectivity index (χ0v) is 47.5. The lowest BCUT2D eigenvalue weighted by atomic mass is 9.77. The third-order valence-electron chi connectivity index (χ3n) is 18.2. The molecule has 14 nitrogen and oxygen atoms in total. The van der Waals surface area contributed by atoms with Crippen molar-refractivity contribution in [3.63, 3.8) is 0 Å². The third-order valence-corrected chi connectivity index (χ3v) is 21.2. The Labute approximate surface area is 470 Å². The fourth-order valence-corrected chi connectivity index (χ4v) is 16.6. The molecule has 2 aromatic heterocycles. The number of fused-ring (bicyclic) bond motifs is 4. The highest BCUT2D eigenvalue weighted by atomic mass is 32.2. The lowest BCUT2D eigenvalue weighted by molar-refractivity contribution is 0.187. The summed E-state index contributed by atoms with van der Waals surface area (Å²) in [6.45, 7) is 6.14. The molecule has 12 rings (SSSR count).